The van der Waals surface area contributed by atoms with Gasteiger partial charge in [-0.2, -0.15) is 0 Å². The molecule has 0 aliphatic carbocycles. The van der Waals surface area contributed by atoms with Crippen LogP contribution < -0.4 is 5.32 Å². The van der Waals surface area contributed by atoms with E-state index in [2.05, 4.69) is 5.32 Å². The Balaban J connectivity index is 2.87. The largest absolute Gasteiger partial charge is 0.394 e. The van der Waals surface area contributed by atoms with Gasteiger partial charge in [-0.05, 0) is 0 Å². The van der Waals surface area contributed by atoms with E-state index in [1.807, 2.05) is 0 Å². The summed E-state index contributed by atoms with van der Waals surface area (Å²) in [7, 11) is 0. The Morgan fingerprint density at radius 2 is 1.73 bits per heavy atom. The number of Topliss-reactive ketones (excluding diaryl/α,β-unsaturated/α-hetero) is 1. The molecule has 7 N–H and O–H groups in total. The first kappa shape index (κ1) is 18.9. The maximum absolute atomic E-state index is 12.1. The van der Waals surface area contributed by atoms with Crippen LogP contribution in [-0.4, -0.2) is 98.2 Å². The van der Waals surface area contributed by atoms with Crippen LogP contribution >= 0.6 is 0 Å². The number of hydrogen-bond donors (Lipinski definition) is 7. The Hall–Kier alpha value is -1.14. The molecule has 128 valence electrons. The van der Waals surface area contributed by atoms with Crippen LogP contribution in [0.5, 0.6) is 0 Å². The van der Waals surface area contributed by atoms with Gasteiger partial charge in [-0.15, -0.1) is 0 Å². The van der Waals surface area contributed by atoms with Crippen LogP contribution in [-0.2, 0) is 14.3 Å². The van der Waals surface area contributed by atoms with E-state index in [1.54, 1.807) is 0 Å². The molecule has 1 aliphatic rings. The third kappa shape index (κ3) is 3.98. The van der Waals surface area contributed by atoms with Gasteiger partial charge in [0.05, 0.1) is 19.3 Å². The summed E-state index contributed by atoms with van der Waals surface area (Å²) < 4.78 is 5.00. The number of rotatable bonds is 6. The predicted molar refractivity (Wildman–Crippen MR) is 69.5 cm³/mol. The second-order valence-corrected chi connectivity index (χ2v) is 5.09. The number of amides is 1. The molecule has 0 unspecified atom stereocenters. The van der Waals surface area contributed by atoms with Gasteiger partial charge in [0.25, 0.3) is 0 Å². The molecule has 10 heteroatoms. The molecule has 0 bridgehead atoms. The molecule has 1 fully saturated rings. The van der Waals surface area contributed by atoms with Gasteiger partial charge in [0.15, 0.2) is 5.78 Å². The minimum absolute atomic E-state index is 0.597. The molecule has 7 atom stereocenters. The highest BCUT2D eigenvalue weighted by atomic mass is 16.5. The Labute approximate surface area is 125 Å². The van der Waals surface area contributed by atoms with Gasteiger partial charge >= 0.3 is 0 Å². The molecule has 0 aromatic rings. The van der Waals surface area contributed by atoms with Crippen molar-refractivity contribution in [3.8, 4) is 0 Å². The average molecular weight is 323 g/mol. The van der Waals surface area contributed by atoms with E-state index in [1.165, 1.54) is 0 Å². The summed E-state index contributed by atoms with van der Waals surface area (Å²) in [5.41, 5.74) is 0. The van der Waals surface area contributed by atoms with Crippen LogP contribution in [0.25, 0.3) is 0 Å². The van der Waals surface area contributed by atoms with E-state index in [0.717, 1.165) is 6.92 Å². The maximum Gasteiger partial charge on any atom is 0.217 e. The van der Waals surface area contributed by atoms with Gasteiger partial charge in [0.1, 0.15) is 36.6 Å². The molecular weight excluding hydrogens is 302 g/mol. The number of aliphatic hydroxyl groups excluding tert-OH is 6. The highest BCUT2D eigenvalue weighted by molar-refractivity contribution is 5.89. The normalized spacial score (nSPS) is 34.8. The molecule has 0 aromatic heterocycles. The van der Waals surface area contributed by atoms with Crippen molar-refractivity contribution in [2.75, 3.05) is 13.2 Å². The number of aliphatic hydroxyl groups is 6. The smallest absolute Gasteiger partial charge is 0.217 e. The van der Waals surface area contributed by atoms with Gasteiger partial charge in [-0.25, -0.2) is 0 Å². The lowest BCUT2D eigenvalue weighted by molar-refractivity contribution is -0.229. The van der Waals surface area contributed by atoms with Gasteiger partial charge in [0, 0.05) is 6.92 Å². The lowest BCUT2D eigenvalue weighted by Crippen LogP contribution is -2.63. The molecule has 10 nitrogen and oxygen atoms in total. The fraction of sp³-hybridized carbons (Fsp3) is 0.833. The van der Waals surface area contributed by atoms with Crippen molar-refractivity contribution in [1.29, 1.82) is 0 Å². The van der Waals surface area contributed by atoms with Crippen molar-refractivity contribution in [2.24, 2.45) is 0 Å². The molecule has 1 rings (SSSR count). The lowest BCUT2D eigenvalue weighted by Gasteiger charge is -2.40. The Morgan fingerprint density at radius 3 is 2.18 bits per heavy atom. The summed E-state index contributed by atoms with van der Waals surface area (Å²) in [6.07, 6.45) is -10.2. The lowest BCUT2D eigenvalue weighted by atomic mass is 9.90. The molecule has 1 saturated heterocycles. The maximum atomic E-state index is 12.1. The predicted octanol–water partition coefficient (Wildman–Crippen LogP) is -4.74. The molecule has 0 spiro atoms. The second kappa shape index (κ2) is 7.92. The SMILES string of the molecule is CC(=O)N[C@@H](CO)[C@@H](O)C(=O)[C@@H]1O[C@H](CO)[C@H](O)[C@H](O)[C@H]1O. The van der Waals surface area contributed by atoms with Gasteiger partial charge < -0.3 is 40.7 Å². The zero-order valence-corrected chi connectivity index (χ0v) is 11.9. The standard InChI is InChI=1S/C12H21NO9/c1-4(16)13-5(2-14)7(17)10(20)12-11(21)9(19)8(18)6(3-15)22-12/h5-9,11-12,14-15,17-19,21H,2-3H2,1H3,(H,13,16)/t5-,6+,7+,8-,9-,11+,12-/m0/s1. The number of nitrogens with one attached hydrogen (secondary N) is 1. The number of hydrogen-bond acceptors (Lipinski definition) is 9. The Morgan fingerprint density at radius 1 is 1.14 bits per heavy atom. The Bertz CT molecular complexity index is 402. The fourth-order valence-corrected chi connectivity index (χ4v) is 2.19. The van der Waals surface area contributed by atoms with E-state index >= 15 is 0 Å². The number of ketones is 1. The molecule has 0 radical (unpaired) electrons. The molecule has 22 heavy (non-hydrogen) atoms. The highest BCUT2D eigenvalue weighted by Gasteiger charge is 2.48. The van der Waals surface area contributed by atoms with Crippen molar-refractivity contribution < 1.29 is 45.0 Å². The number of ether oxygens (including phenoxy) is 1. The Kier molecular flexibility index (Phi) is 6.81. The van der Waals surface area contributed by atoms with Gasteiger partial charge in [-0.3, -0.25) is 9.59 Å². The third-order valence-electron chi connectivity index (χ3n) is 3.43. The quantitative estimate of drug-likeness (QED) is 0.253. The second-order valence-electron chi connectivity index (χ2n) is 5.09. The van der Waals surface area contributed by atoms with Crippen LogP contribution in [0.4, 0.5) is 0 Å². The van der Waals surface area contributed by atoms with E-state index in [-0.39, 0.29) is 0 Å². The average Bonchev–Trinajstić information content (AvgIpc) is 2.49. The van der Waals surface area contributed by atoms with Crippen molar-refractivity contribution in [1.82, 2.24) is 5.32 Å². The van der Waals surface area contributed by atoms with Gasteiger partial charge in [-0.1, -0.05) is 0 Å². The van der Waals surface area contributed by atoms with Crippen LogP contribution in [0.3, 0.4) is 0 Å². The van der Waals surface area contributed by atoms with E-state index < -0.39 is 67.6 Å². The van der Waals surface area contributed by atoms with E-state index in [0.29, 0.717) is 0 Å². The zero-order valence-electron chi connectivity index (χ0n) is 11.9. The summed E-state index contributed by atoms with van der Waals surface area (Å²) >= 11 is 0. The van der Waals surface area contributed by atoms with E-state index in [4.69, 9.17) is 14.9 Å². The number of carbonyl (C=O) groups excluding carboxylic acids is 2. The zero-order chi connectivity index (χ0) is 17.0. The minimum atomic E-state index is -1.91. The molecule has 1 aliphatic heterocycles. The summed E-state index contributed by atoms with van der Waals surface area (Å²) in [6.45, 7) is -0.350. The molecule has 1 heterocycles. The summed E-state index contributed by atoms with van der Waals surface area (Å²) in [4.78, 5) is 23.1. The summed E-state index contributed by atoms with van der Waals surface area (Å²) in [5.74, 6) is -1.70. The van der Waals surface area contributed by atoms with Crippen LogP contribution in [0.15, 0.2) is 0 Å². The van der Waals surface area contributed by atoms with Gasteiger partial charge in [0.2, 0.25) is 5.91 Å². The van der Waals surface area contributed by atoms with Crippen molar-refractivity contribution in [3.05, 3.63) is 0 Å². The van der Waals surface area contributed by atoms with E-state index in [9.17, 15) is 30.0 Å². The fourth-order valence-electron chi connectivity index (χ4n) is 2.19. The van der Waals surface area contributed by atoms with Crippen LogP contribution in [0.2, 0.25) is 0 Å². The topological polar surface area (TPSA) is 177 Å². The summed E-state index contributed by atoms with van der Waals surface area (Å²) in [5, 5.41) is 59.1. The first-order chi connectivity index (χ1) is 10.2. The molecular formula is C12H21NO9. The number of carbonyl (C=O) groups is 2. The summed E-state index contributed by atoms with van der Waals surface area (Å²) in [6, 6.07) is -1.32. The van der Waals surface area contributed by atoms with Crippen molar-refractivity contribution >= 4 is 11.7 Å². The highest BCUT2D eigenvalue weighted by Crippen LogP contribution is 2.23. The van der Waals surface area contributed by atoms with Crippen molar-refractivity contribution in [2.45, 2.75) is 49.6 Å². The third-order valence-corrected chi connectivity index (χ3v) is 3.43. The monoisotopic (exact) mass is 323 g/mol. The van der Waals surface area contributed by atoms with Crippen molar-refractivity contribution in [3.63, 3.8) is 0 Å². The minimum Gasteiger partial charge on any atom is -0.394 e. The molecule has 0 saturated carbocycles. The molecule has 0 aromatic carbocycles. The first-order valence-corrected chi connectivity index (χ1v) is 6.64. The van der Waals surface area contributed by atoms with Crippen LogP contribution in [0.1, 0.15) is 6.92 Å². The van der Waals surface area contributed by atoms with Crippen LogP contribution in [0, 0.1) is 0 Å². The first-order valence-electron chi connectivity index (χ1n) is 6.64. The molecule has 1 amide bonds.